The fraction of sp³-hybridized carbons (Fsp3) is 0.235. The van der Waals surface area contributed by atoms with E-state index in [-0.39, 0.29) is 5.78 Å². The van der Waals surface area contributed by atoms with Crippen molar-refractivity contribution in [2.45, 2.75) is 27.2 Å². The normalized spacial score (nSPS) is 10.4. The van der Waals surface area contributed by atoms with Crippen LogP contribution in [0.1, 0.15) is 32.6 Å². The average molecular weight is 238 g/mol. The Bertz CT molecular complexity index is 582. The Morgan fingerprint density at radius 3 is 2.39 bits per heavy atom. The van der Waals surface area contributed by atoms with E-state index in [9.17, 15) is 4.79 Å². The SMILES string of the molecule is Cc1cccc(C(=O)Cc2ccc(C)c(C)c2)c1. The maximum absolute atomic E-state index is 12.2. The minimum absolute atomic E-state index is 0.182. The monoisotopic (exact) mass is 238 g/mol. The van der Waals surface area contributed by atoms with Crippen LogP contribution in [0.2, 0.25) is 0 Å². The van der Waals surface area contributed by atoms with E-state index < -0.39 is 0 Å². The second kappa shape index (κ2) is 5.18. The molecule has 0 bridgehead atoms. The molecule has 0 aliphatic heterocycles. The van der Waals surface area contributed by atoms with Gasteiger partial charge in [-0.2, -0.15) is 0 Å². The van der Waals surface area contributed by atoms with Crippen molar-refractivity contribution in [2.75, 3.05) is 0 Å². The van der Waals surface area contributed by atoms with Gasteiger partial charge in [0.05, 0.1) is 0 Å². The zero-order chi connectivity index (χ0) is 13.1. The molecular weight excluding hydrogens is 220 g/mol. The first-order valence-corrected chi connectivity index (χ1v) is 6.22. The van der Waals surface area contributed by atoms with E-state index in [0.29, 0.717) is 6.42 Å². The predicted molar refractivity (Wildman–Crippen MR) is 75.1 cm³/mol. The summed E-state index contributed by atoms with van der Waals surface area (Å²) >= 11 is 0. The highest BCUT2D eigenvalue weighted by Gasteiger charge is 2.07. The van der Waals surface area contributed by atoms with Crippen molar-refractivity contribution in [1.82, 2.24) is 0 Å². The largest absolute Gasteiger partial charge is 0.294 e. The molecular formula is C17H18O. The lowest BCUT2D eigenvalue weighted by molar-refractivity contribution is 0.0993. The fourth-order valence-electron chi connectivity index (χ4n) is 2.02. The van der Waals surface area contributed by atoms with E-state index >= 15 is 0 Å². The highest BCUT2D eigenvalue weighted by molar-refractivity contribution is 5.97. The molecule has 2 rings (SSSR count). The fourth-order valence-corrected chi connectivity index (χ4v) is 2.02. The van der Waals surface area contributed by atoms with Gasteiger partial charge >= 0.3 is 0 Å². The van der Waals surface area contributed by atoms with Gasteiger partial charge in [-0.05, 0) is 43.5 Å². The number of ketones is 1. The van der Waals surface area contributed by atoms with Crippen molar-refractivity contribution in [3.05, 3.63) is 70.3 Å². The Labute approximate surface area is 108 Å². The van der Waals surface area contributed by atoms with Crippen LogP contribution < -0.4 is 0 Å². The van der Waals surface area contributed by atoms with Gasteiger partial charge < -0.3 is 0 Å². The number of hydrogen-bond acceptors (Lipinski definition) is 1. The summed E-state index contributed by atoms with van der Waals surface area (Å²) in [6.07, 6.45) is 0.477. The van der Waals surface area contributed by atoms with Crippen LogP contribution in [0.25, 0.3) is 0 Å². The number of rotatable bonds is 3. The van der Waals surface area contributed by atoms with Gasteiger partial charge in [0, 0.05) is 12.0 Å². The van der Waals surface area contributed by atoms with Crippen molar-refractivity contribution in [3.8, 4) is 0 Å². The van der Waals surface area contributed by atoms with E-state index in [4.69, 9.17) is 0 Å². The van der Waals surface area contributed by atoms with Crippen LogP contribution in [0.15, 0.2) is 42.5 Å². The third kappa shape index (κ3) is 2.86. The lowest BCUT2D eigenvalue weighted by atomic mass is 9.99. The standard InChI is InChI=1S/C17H18O/c1-12-5-4-6-16(9-12)17(18)11-15-8-7-13(2)14(3)10-15/h4-10H,11H2,1-3H3. The van der Waals surface area contributed by atoms with Gasteiger partial charge in [-0.3, -0.25) is 4.79 Å². The summed E-state index contributed by atoms with van der Waals surface area (Å²) in [6, 6.07) is 14.0. The molecule has 0 aliphatic carbocycles. The molecule has 0 aliphatic rings. The topological polar surface area (TPSA) is 17.1 Å². The number of aryl methyl sites for hydroxylation is 3. The first-order valence-electron chi connectivity index (χ1n) is 6.22. The second-order valence-corrected chi connectivity index (χ2v) is 4.89. The molecule has 0 aromatic heterocycles. The molecule has 2 aromatic carbocycles. The Kier molecular flexibility index (Phi) is 3.61. The Morgan fingerprint density at radius 2 is 1.72 bits per heavy atom. The number of hydrogen-bond donors (Lipinski definition) is 0. The summed E-state index contributed by atoms with van der Waals surface area (Å²) in [6.45, 7) is 6.17. The molecule has 0 radical (unpaired) electrons. The number of benzene rings is 2. The van der Waals surface area contributed by atoms with E-state index in [2.05, 4.69) is 26.0 Å². The summed E-state index contributed by atoms with van der Waals surface area (Å²) in [5.74, 6) is 0.182. The molecule has 92 valence electrons. The highest BCUT2D eigenvalue weighted by Crippen LogP contribution is 2.13. The van der Waals surface area contributed by atoms with E-state index in [1.54, 1.807) is 0 Å². The summed E-state index contributed by atoms with van der Waals surface area (Å²) in [7, 11) is 0. The first kappa shape index (κ1) is 12.6. The van der Waals surface area contributed by atoms with Crippen LogP contribution in [0, 0.1) is 20.8 Å². The molecule has 1 heteroatoms. The lowest BCUT2D eigenvalue weighted by Crippen LogP contribution is -2.04. The zero-order valence-corrected chi connectivity index (χ0v) is 11.2. The number of Topliss-reactive ketones (excluding diaryl/α,β-unsaturated/α-hetero) is 1. The molecule has 0 spiro atoms. The first-order chi connectivity index (χ1) is 8.56. The zero-order valence-electron chi connectivity index (χ0n) is 11.2. The van der Waals surface area contributed by atoms with E-state index in [1.165, 1.54) is 11.1 Å². The van der Waals surface area contributed by atoms with Gasteiger partial charge in [-0.1, -0.05) is 42.0 Å². The molecule has 0 fully saturated rings. The van der Waals surface area contributed by atoms with Crippen molar-refractivity contribution in [1.29, 1.82) is 0 Å². The Morgan fingerprint density at radius 1 is 0.944 bits per heavy atom. The smallest absolute Gasteiger partial charge is 0.167 e. The molecule has 0 amide bonds. The van der Waals surface area contributed by atoms with Crippen molar-refractivity contribution >= 4 is 5.78 Å². The van der Waals surface area contributed by atoms with Crippen LogP contribution in [0.4, 0.5) is 0 Å². The van der Waals surface area contributed by atoms with Gasteiger partial charge in [-0.15, -0.1) is 0 Å². The van der Waals surface area contributed by atoms with Crippen LogP contribution in [0.3, 0.4) is 0 Å². The third-order valence-corrected chi connectivity index (χ3v) is 3.28. The summed E-state index contributed by atoms with van der Waals surface area (Å²) in [4.78, 5) is 12.2. The second-order valence-electron chi connectivity index (χ2n) is 4.89. The number of carbonyl (C=O) groups is 1. The van der Waals surface area contributed by atoms with Gasteiger partial charge in [0.1, 0.15) is 0 Å². The Balaban J connectivity index is 2.18. The number of carbonyl (C=O) groups excluding carboxylic acids is 1. The average Bonchev–Trinajstić information content (AvgIpc) is 2.34. The van der Waals surface area contributed by atoms with Crippen LogP contribution >= 0.6 is 0 Å². The van der Waals surface area contributed by atoms with Crippen molar-refractivity contribution in [3.63, 3.8) is 0 Å². The molecule has 0 unspecified atom stereocenters. The quantitative estimate of drug-likeness (QED) is 0.738. The molecule has 0 saturated heterocycles. The maximum Gasteiger partial charge on any atom is 0.167 e. The van der Waals surface area contributed by atoms with Crippen LogP contribution in [-0.2, 0) is 6.42 Å². The lowest BCUT2D eigenvalue weighted by Gasteiger charge is -2.05. The predicted octanol–water partition coefficient (Wildman–Crippen LogP) is 4.04. The molecule has 0 heterocycles. The minimum Gasteiger partial charge on any atom is -0.294 e. The van der Waals surface area contributed by atoms with E-state index in [1.807, 2.05) is 37.3 Å². The van der Waals surface area contributed by atoms with Gasteiger partial charge in [0.15, 0.2) is 5.78 Å². The molecule has 0 saturated carbocycles. The van der Waals surface area contributed by atoms with Crippen molar-refractivity contribution < 1.29 is 4.79 Å². The molecule has 0 N–H and O–H groups in total. The Hall–Kier alpha value is -1.89. The van der Waals surface area contributed by atoms with Gasteiger partial charge in [-0.25, -0.2) is 0 Å². The highest BCUT2D eigenvalue weighted by atomic mass is 16.1. The van der Waals surface area contributed by atoms with Crippen LogP contribution in [0.5, 0.6) is 0 Å². The van der Waals surface area contributed by atoms with Crippen LogP contribution in [-0.4, -0.2) is 5.78 Å². The van der Waals surface area contributed by atoms with Crippen molar-refractivity contribution in [2.24, 2.45) is 0 Å². The maximum atomic E-state index is 12.2. The summed E-state index contributed by atoms with van der Waals surface area (Å²) < 4.78 is 0. The van der Waals surface area contributed by atoms with E-state index in [0.717, 1.165) is 16.7 Å². The molecule has 0 atom stereocenters. The summed E-state index contributed by atoms with van der Waals surface area (Å²) in [5.41, 5.74) is 5.52. The van der Waals surface area contributed by atoms with Gasteiger partial charge in [0.25, 0.3) is 0 Å². The molecule has 2 aromatic rings. The summed E-state index contributed by atoms with van der Waals surface area (Å²) in [5, 5.41) is 0. The molecule has 18 heavy (non-hydrogen) atoms. The minimum atomic E-state index is 0.182. The third-order valence-electron chi connectivity index (χ3n) is 3.28. The van der Waals surface area contributed by atoms with Gasteiger partial charge in [0.2, 0.25) is 0 Å². The molecule has 1 nitrogen and oxygen atoms in total.